The zero-order valence-electron chi connectivity index (χ0n) is 38.4. The normalized spacial score (nSPS) is 15.7. The number of benzene rings is 2. The van der Waals surface area contributed by atoms with Crippen molar-refractivity contribution in [1.29, 1.82) is 0 Å². The molecule has 4 N–H and O–H groups in total. The van der Waals surface area contributed by atoms with E-state index in [1.807, 2.05) is 52.2 Å². The first-order valence-corrected chi connectivity index (χ1v) is 25.0. The number of aryl methyl sites for hydroxylation is 1. The maximum atomic E-state index is 13.9. The minimum atomic E-state index is -1.02. The van der Waals surface area contributed by atoms with Gasteiger partial charge in [0.25, 0.3) is 5.91 Å². The average molecular weight is 985 g/mol. The summed E-state index contributed by atoms with van der Waals surface area (Å²) in [5, 5.41) is 13.6. The minimum Gasteiger partial charge on any atom is -0.379 e. The van der Waals surface area contributed by atoms with Crippen LogP contribution in [-0.4, -0.2) is 158 Å². The van der Waals surface area contributed by atoms with E-state index in [-0.39, 0.29) is 30.2 Å². The molecular weight excluding hydrogens is 926 g/mol. The van der Waals surface area contributed by atoms with E-state index in [1.54, 1.807) is 42.6 Å². The van der Waals surface area contributed by atoms with Gasteiger partial charge in [0.1, 0.15) is 17.8 Å². The topological polar surface area (TPSA) is 206 Å². The van der Waals surface area contributed by atoms with Crippen molar-refractivity contribution in [2.75, 3.05) is 90.7 Å². The number of nitrogens with one attached hydrogen (secondary N) is 2. The second-order valence-corrected chi connectivity index (χ2v) is 19.7. The molecule has 2 saturated heterocycles. The Bertz CT molecular complexity index is 2600. The van der Waals surface area contributed by atoms with E-state index in [4.69, 9.17) is 26.8 Å². The van der Waals surface area contributed by atoms with E-state index in [9.17, 15) is 14.4 Å². The van der Waals surface area contributed by atoms with Crippen LogP contribution >= 0.6 is 34.7 Å². The number of rotatable bonds is 21. The van der Waals surface area contributed by atoms with Crippen LogP contribution in [0.2, 0.25) is 5.02 Å². The number of ether oxygens (including phenoxy) is 2. The first-order valence-electron chi connectivity index (χ1n) is 22.9. The fraction of sp³-hybridized carbons (Fsp3) is 0.447. The Hall–Kier alpha value is -5.48. The second-order valence-electron chi connectivity index (χ2n) is 17.1. The summed E-state index contributed by atoms with van der Waals surface area (Å²) < 4.78 is 14.1. The first kappa shape index (κ1) is 49.0. The highest BCUT2D eigenvalue weighted by Gasteiger charge is 2.39. The summed E-state index contributed by atoms with van der Waals surface area (Å²) in [7, 11) is 1.72. The van der Waals surface area contributed by atoms with Gasteiger partial charge in [-0.2, -0.15) is 0 Å². The highest BCUT2D eigenvalue weighted by atomic mass is 35.5. The van der Waals surface area contributed by atoms with Crippen LogP contribution in [0.4, 0.5) is 5.82 Å². The number of carbonyl (C=O) groups excluding carboxylic acids is 3. The van der Waals surface area contributed by atoms with Crippen molar-refractivity contribution < 1.29 is 23.9 Å². The lowest BCUT2D eigenvalue weighted by atomic mass is 9.87. The number of piperidine rings is 1. The molecule has 0 saturated carbocycles. The predicted octanol–water partition coefficient (Wildman–Crippen LogP) is 5.13. The van der Waals surface area contributed by atoms with Crippen molar-refractivity contribution in [3.63, 3.8) is 0 Å². The summed E-state index contributed by atoms with van der Waals surface area (Å²) in [4.78, 5) is 64.0. The number of H-pyrrole nitrogens is 1. The molecule has 8 rings (SSSR count). The van der Waals surface area contributed by atoms with Crippen molar-refractivity contribution >= 4 is 69.3 Å². The van der Waals surface area contributed by atoms with Gasteiger partial charge in [0.2, 0.25) is 16.8 Å². The van der Waals surface area contributed by atoms with Gasteiger partial charge >= 0.3 is 0 Å². The van der Waals surface area contributed by atoms with Gasteiger partial charge in [-0.25, -0.2) is 15.0 Å². The molecule has 0 aliphatic carbocycles. The van der Waals surface area contributed by atoms with E-state index in [0.717, 1.165) is 57.8 Å². The van der Waals surface area contributed by atoms with Crippen molar-refractivity contribution in [2.24, 2.45) is 5.73 Å². The number of carbonyl (C=O) groups is 3. The Morgan fingerprint density at radius 3 is 2.51 bits per heavy atom. The smallest absolute Gasteiger partial charge is 0.284 e. The molecule has 6 aromatic rings. The third-order valence-electron chi connectivity index (χ3n) is 12.6. The Morgan fingerprint density at radius 2 is 1.76 bits per heavy atom. The van der Waals surface area contributed by atoms with Crippen LogP contribution in [-0.2, 0) is 24.8 Å². The maximum Gasteiger partial charge on any atom is 0.284 e. The maximum absolute atomic E-state index is 13.9. The number of aromatic nitrogens is 7. The van der Waals surface area contributed by atoms with E-state index < -0.39 is 5.54 Å². The molecule has 68 heavy (non-hydrogen) atoms. The number of thioether (sulfide) groups is 1. The van der Waals surface area contributed by atoms with Crippen LogP contribution in [0.5, 0.6) is 0 Å². The van der Waals surface area contributed by atoms with Gasteiger partial charge in [0, 0.05) is 94.5 Å². The monoisotopic (exact) mass is 983 g/mol. The molecule has 3 amide bonds. The lowest BCUT2D eigenvalue weighted by Gasteiger charge is -2.39. The predicted molar refractivity (Wildman–Crippen MR) is 263 cm³/mol. The first-order chi connectivity index (χ1) is 33.0. The Kier molecular flexibility index (Phi) is 16.7. The largest absolute Gasteiger partial charge is 0.379 e. The van der Waals surface area contributed by atoms with E-state index in [0.29, 0.717) is 88.4 Å². The van der Waals surface area contributed by atoms with Crippen LogP contribution in [0.15, 0.2) is 84.1 Å². The second kappa shape index (κ2) is 23.2. The molecular formula is C47H58ClN13O5S2. The molecule has 4 aromatic heterocycles. The molecule has 2 aliphatic heterocycles. The third kappa shape index (κ3) is 12.6. The van der Waals surface area contributed by atoms with Gasteiger partial charge in [-0.15, -0.1) is 10.2 Å². The van der Waals surface area contributed by atoms with Crippen LogP contribution in [0.3, 0.4) is 0 Å². The number of nitrogens with zero attached hydrogens (tertiary/aromatic N) is 10. The van der Waals surface area contributed by atoms with Crippen molar-refractivity contribution in [3.8, 4) is 5.69 Å². The summed E-state index contributed by atoms with van der Waals surface area (Å²) in [6.45, 7) is 8.44. The quantitative estimate of drug-likeness (QED) is 0.0632. The van der Waals surface area contributed by atoms with Crippen molar-refractivity contribution in [2.45, 2.75) is 54.3 Å². The standard InChI is InChI=1S/C47H58ClN13O5S2/c1-33-29-37(61-19-15-50-32-61)8-5-35(33)30-67-46-56-55-43(68-46)44(63)57(2)24-26-66-28-27-65-25-11-40(62)59-22-20-58(21-23-59)16-10-39(34-3-6-36(48)7-4-34)54-45(64)47(49)12-17-60(18-13-47)42-38-9-14-51-41(38)52-31-53-42/h3-9,14-15,19,29,31-32,39H,10-13,16-18,20-28,30,49H2,1-2H3,(H,54,64)(H,51,52,53)/t39-/m0/s1. The highest BCUT2D eigenvalue weighted by Crippen LogP contribution is 2.31. The summed E-state index contributed by atoms with van der Waals surface area (Å²) in [5.41, 5.74) is 11.0. The lowest BCUT2D eigenvalue weighted by molar-refractivity contribution is -0.134. The molecule has 0 unspecified atom stereocenters. The summed E-state index contributed by atoms with van der Waals surface area (Å²) >= 11 is 9.08. The minimum absolute atomic E-state index is 0.0575. The number of imidazole rings is 1. The molecule has 1 atom stereocenters. The van der Waals surface area contributed by atoms with Crippen LogP contribution in [0.1, 0.15) is 58.2 Å². The zero-order chi connectivity index (χ0) is 47.5. The fourth-order valence-corrected chi connectivity index (χ4v) is 10.4. The molecule has 2 aliphatic rings. The van der Waals surface area contributed by atoms with Gasteiger partial charge in [-0.3, -0.25) is 19.3 Å². The van der Waals surface area contributed by atoms with Gasteiger partial charge in [-0.1, -0.05) is 52.9 Å². The molecule has 0 spiro atoms. The lowest BCUT2D eigenvalue weighted by Crippen LogP contribution is -2.60. The van der Waals surface area contributed by atoms with E-state index in [2.05, 4.69) is 70.4 Å². The third-order valence-corrected chi connectivity index (χ3v) is 14.9. The molecule has 2 fully saturated rings. The Morgan fingerprint density at radius 1 is 0.985 bits per heavy atom. The number of halogens is 1. The number of hydrogen-bond acceptors (Lipinski definition) is 15. The Balaban J connectivity index is 0.688. The molecule has 2 aromatic carbocycles. The van der Waals surface area contributed by atoms with Crippen LogP contribution < -0.4 is 16.0 Å². The molecule has 0 radical (unpaired) electrons. The number of nitrogens with two attached hydrogens (primary N) is 1. The van der Waals surface area contributed by atoms with Gasteiger partial charge in [0.15, 0.2) is 4.34 Å². The Labute approximate surface area is 408 Å². The average Bonchev–Trinajstić information content (AvgIpc) is 4.18. The molecule has 21 heteroatoms. The summed E-state index contributed by atoms with van der Waals surface area (Å²) in [6, 6.07) is 15.6. The highest BCUT2D eigenvalue weighted by molar-refractivity contribution is 8.00. The van der Waals surface area contributed by atoms with E-state index >= 15 is 0 Å². The number of anilines is 1. The number of hydrogen-bond donors (Lipinski definition) is 3. The van der Waals surface area contributed by atoms with Crippen LogP contribution in [0.25, 0.3) is 16.7 Å². The molecule has 18 nitrogen and oxygen atoms in total. The molecule has 0 bridgehead atoms. The number of piperazine rings is 1. The SMILES string of the molecule is Cc1cc(-n2ccnc2)ccc1CSc1nnc(C(=O)N(C)CCOCCOCCC(=O)N2CCN(CC[C@H](NC(=O)C3(N)CCN(c4ncnc5[nH]ccc45)CC3)c3ccc(Cl)cc3)CC2)s1. The van der Waals surface area contributed by atoms with Crippen molar-refractivity contribution in [3.05, 3.63) is 106 Å². The van der Waals surface area contributed by atoms with E-state index in [1.165, 1.54) is 22.5 Å². The van der Waals surface area contributed by atoms with Gasteiger partial charge < -0.3 is 44.8 Å². The zero-order valence-corrected chi connectivity index (χ0v) is 40.8. The molecule has 360 valence electrons. The van der Waals surface area contributed by atoms with Gasteiger partial charge in [-0.05, 0) is 73.2 Å². The number of fused-ring (bicyclic) bond motifs is 1. The molecule has 6 heterocycles. The number of likely N-dealkylation sites (N-methyl/N-ethyl adjacent to an activating group) is 1. The number of amides is 3. The van der Waals surface area contributed by atoms with Crippen LogP contribution in [0, 0.1) is 6.92 Å². The van der Waals surface area contributed by atoms with Crippen molar-refractivity contribution in [1.82, 2.24) is 54.7 Å². The fourth-order valence-electron chi connectivity index (χ4n) is 8.32. The van der Waals surface area contributed by atoms with Gasteiger partial charge in [0.05, 0.1) is 56.1 Å². The summed E-state index contributed by atoms with van der Waals surface area (Å²) in [6.07, 6.45) is 10.8. The summed E-state index contributed by atoms with van der Waals surface area (Å²) in [5.74, 6) is 1.25. The number of aromatic amines is 1.